The summed E-state index contributed by atoms with van der Waals surface area (Å²) in [5.41, 5.74) is 7.76. The molecule has 0 heterocycles. The summed E-state index contributed by atoms with van der Waals surface area (Å²) in [5, 5.41) is 0. The van der Waals surface area contributed by atoms with Crippen LogP contribution < -0.4 is 0 Å². The molecule has 0 aliphatic heterocycles. The third-order valence-electron chi connectivity index (χ3n) is 0.445. The number of allylic oxidation sites excluding steroid dienone is 1. The molecule has 0 fully saturated rings. The van der Waals surface area contributed by atoms with Crippen LogP contribution in [0.2, 0.25) is 0 Å². The summed E-state index contributed by atoms with van der Waals surface area (Å²) in [5.74, 6) is 0. The molecule has 3 nitrogen and oxygen atoms in total. The third kappa shape index (κ3) is 1.63. The first-order valence-electron chi connectivity index (χ1n) is 1.64. The smallest absolute Gasteiger partial charge is 0.354 e. The van der Waals surface area contributed by atoms with E-state index in [1.165, 1.54) is 0 Å². The fourth-order valence-corrected chi connectivity index (χ4v) is 0.113. The van der Waals surface area contributed by atoms with E-state index in [0.717, 1.165) is 6.08 Å². The standard InChI is InChI=1S/C4H4N2O/c1-2-4(3-7)6-5/h2-3H,1H2. The highest BCUT2D eigenvalue weighted by atomic mass is 16.1. The van der Waals surface area contributed by atoms with Crippen LogP contribution in [-0.4, -0.2) is 16.8 Å². The lowest BCUT2D eigenvalue weighted by Crippen LogP contribution is -1.92. The highest BCUT2D eigenvalue weighted by Gasteiger charge is 1.92. The number of aldehydes is 1. The third-order valence-corrected chi connectivity index (χ3v) is 0.445. The second kappa shape index (κ2) is 3.00. The van der Waals surface area contributed by atoms with Gasteiger partial charge < -0.3 is 5.53 Å². The minimum atomic E-state index is -0.0556. The van der Waals surface area contributed by atoms with Crippen molar-refractivity contribution in [1.29, 1.82) is 0 Å². The maximum Gasteiger partial charge on any atom is 0.354 e. The molecule has 0 bridgehead atoms. The van der Waals surface area contributed by atoms with E-state index in [2.05, 4.69) is 11.4 Å². The molecule has 0 atom stereocenters. The van der Waals surface area contributed by atoms with Gasteiger partial charge in [-0.25, -0.2) is 0 Å². The lowest BCUT2D eigenvalue weighted by molar-refractivity contribution is -0.106. The number of hydrogen-bond acceptors (Lipinski definition) is 1. The van der Waals surface area contributed by atoms with Gasteiger partial charge in [0, 0.05) is 6.08 Å². The molecule has 36 valence electrons. The van der Waals surface area contributed by atoms with Crippen LogP contribution in [0.25, 0.3) is 5.53 Å². The fraction of sp³-hybridized carbons (Fsp3) is 0. The Morgan fingerprint density at radius 1 is 1.86 bits per heavy atom. The van der Waals surface area contributed by atoms with Gasteiger partial charge in [0.2, 0.25) is 6.29 Å². The predicted molar refractivity (Wildman–Crippen MR) is 24.9 cm³/mol. The van der Waals surface area contributed by atoms with Gasteiger partial charge in [-0.1, -0.05) is 6.58 Å². The highest BCUT2D eigenvalue weighted by molar-refractivity contribution is 6.30. The molecule has 0 radical (unpaired) electrons. The number of hydrogen-bond donors (Lipinski definition) is 0. The first kappa shape index (κ1) is 5.79. The molecule has 0 spiro atoms. The summed E-state index contributed by atoms with van der Waals surface area (Å²) in [6, 6.07) is 0. The predicted octanol–water partition coefficient (Wildman–Crippen LogP) is 0.0421. The van der Waals surface area contributed by atoms with Gasteiger partial charge in [0.1, 0.15) is 0 Å². The Balaban J connectivity index is 4.14. The van der Waals surface area contributed by atoms with Crippen molar-refractivity contribution in [3.63, 3.8) is 0 Å². The Kier molecular flexibility index (Phi) is 2.48. The van der Waals surface area contributed by atoms with Gasteiger partial charge >= 0.3 is 5.71 Å². The highest BCUT2D eigenvalue weighted by Crippen LogP contribution is 1.60. The Labute approximate surface area is 40.9 Å². The Bertz CT molecular complexity index is 123. The molecule has 0 aromatic heterocycles. The van der Waals surface area contributed by atoms with Crippen LogP contribution in [0.5, 0.6) is 0 Å². The van der Waals surface area contributed by atoms with Crippen LogP contribution >= 0.6 is 0 Å². The van der Waals surface area contributed by atoms with Crippen LogP contribution in [0.4, 0.5) is 0 Å². The van der Waals surface area contributed by atoms with Gasteiger partial charge in [-0.05, 0) is 0 Å². The molecule has 0 aliphatic rings. The molecule has 0 aromatic rings. The zero-order valence-electron chi connectivity index (χ0n) is 3.66. The topological polar surface area (TPSA) is 53.5 Å². The van der Waals surface area contributed by atoms with Crippen LogP contribution in [0, 0.1) is 0 Å². The van der Waals surface area contributed by atoms with Gasteiger partial charge in [0.05, 0.1) is 0 Å². The average Bonchev–Trinajstić information content (AvgIpc) is 1.72. The summed E-state index contributed by atoms with van der Waals surface area (Å²) >= 11 is 0. The molecule has 0 rings (SSSR count). The second-order valence-electron chi connectivity index (χ2n) is 0.847. The van der Waals surface area contributed by atoms with Crippen molar-refractivity contribution in [3.05, 3.63) is 18.2 Å². The normalized spacial score (nSPS) is 6.29. The number of carbonyl (C=O) groups is 1. The molecule has 0 aliphatic carbocycles. The maximum absolute atomic E-state index is 9.61. The number of nitrogens with zero attached hydrogens (tertiary/aromatic N) is 2. The zero-order valence-corrected chi connectivity index (χ0v) is 3.66. The van der Waals surface area contributed by atoms with E-state index >= 15 is 0 Å². The number of rotatable bonds is 2. The molecule has 0 saturated carbocycles. The van der Waals surface area contributed by atoms with Crippen molar-refractivity contribution in [1.82, 2.24) is 0 Å². The molecule has 0 saturated heterocycles. The molecule has 0 N–H and O–H groups in total. The van der Waals surface area contributed by atoms with Crippen molar-refractivity contribution in [3.8, 4) is 0 Å². The Morgan fingerprint density at radius 3 is 2.43 bits per heavy atom. The molecule has 0 amide bonds. The van der Waals surface area contributed by atoms with E-state index in [9.17, 15) is 4.79 Å². The van der Waals surface area contributed by atoms with Crippen LogP contribution in [0.1, 0.15) is 0 Å². The van der Waals surface area contributed by atoms with E-state index in [4.69, 9.17) is 5.53 Å². The monoisotopic (exact) mass is 96.0 g/mol. The van der Waals surface area contributed by atoms with Crippen molar-refractivity contribution in [2.24, 2.45) is 0 Å². The van der Waals surface area contributed by atoms with Crippen LogP contribution in [0.15, 0.2) is 12.7 Å². The van der Waals surface area contributed by atoms with Crippen molar-refractivity contribution >= 4 is 12.0 Å². The average molecular weight is 96.1 g/mol. The summed E-state index contributed by atoms with van der Waals surface area (Å²) in [6.45, 7) is 3.18. The van der Waals surface area contributed by atoms with E-state index in [0.29, 0.717) is 6.29 Å². The van der Waals surface area contributed by atoms with Crippen molar-refractivity contribution < 1.29 is 9.58 Å². The van der Waals surface area contributed by atoms with Gasteiger partial charge in [0.15, 0.2) is 0 Å². The maximum atomic E-state index is 9.61. The molecular weight excluding hydrogens is 92.1 g/mol. The SMILES string of the molecule is C=CC(C=O)=[N+]=[N-]. The first-order valence-corrected chi connectivity index (χ1v) is 1.64. The van der Waals surface area contributed by atoms with Gasteiger partial charge in [-0.2, -0.15) is 4.79 Å². The van der Waals surface area contributed by atoms with Crippen molar-refractivity contribution in [2.75, 3.05) is 0 Å². The zero-order chi connectivity index (χ0) is 5.70. The fourth-order valence-electron chi connectivity index (χ4n) is 0.113. The molecule has 0 aromatic carbocycles. The van der Waals surface area contributed by atoms with E-state index < -0.39 is 0 Å². The molecule has 0 unspecified atom stereocenters. The lowest BCUT2D eigenvalue weighted by Gasteiger charge is -1.60. The summed E-state index contributed by atoms with van der Waals surface area (Å²) in [7, 11) is 0. The van der Waals surface area contributed by atoms with Crippen LogP contribution in [0.3, 0.4) is 0 Å². The van der Waals surface area contributed by atoms with Crippen LogP contribution in [-0.2, 0) is 4.79 Å². The van der Waals surface area contributed by atoms with E-state index in [-0.39, 0.29) is 5.71 Å². The second-order valence-corrected chi connectivity index (χ2v) is 0.847. The largest absolute Gasteiger partial charge is 0.361 e. The molecular formula is C4H4N2O. The van der Waals surface area contributed by atoms with Gasteiger partial charge in [0.25, 0.3) is 0 Å². The molecule has 3 heteroatoms. The minimum Gasteiger partial charge on any atom is -0.361 e. The number of carbonyl (C=O) groups excluding carboxylic acids is 1. The Morgan fingerprint density at radius 2 is 2.43 bits per heavy atom. The first-order chi connectivity index (χ1) is 3.35. The van der Waals surface area contributed by atoms with Gasteiger partial charge in [-0.15, -0.1) is 0 Å². The summed E-state index contributed by atoms with van der Waals surface area (Å²) < 4.78 is 0. The summed E-state index contributed by atoms with van der Waals surface area (Å²) in [4.78, 5) is 12.2. The van der Waals surface area contributed by atoms with Gasteiger partial charge in [-0.3, -0.25) is 4.79 Å². The minimum absolute atomic E-state index is 0.0556. The quantitative estimate of drug-likeness (QED) is 0.207. The molecule has 7 heavy (non-hydrogen) atoms. The Hall–Kier alpha value is -1.21. The van der Waals surface area contributed by atoms with E-state index in [1.807, 2.05) is 0 Å². The van der Waals surface area contributed by atoms with Crippen molar-refractivity contribution in [2.45, 2.75) is 0 Å². The van der Waals surface area contributed by atoms with E-state index in [1.54, 1.807) is 0 Å². The lowest BCUT2D eigenvalue weighted by atomic mass is 10.4. The summed E-state index contributed by atoms with van der Waals surface area (Å²) in [6.07, 6.45) is 1.57.